The van der Waals surface area contributed by atoms with Crippen LogP contribution in [0.2, 0.25) is 0 Å². The van der Waals surface area contributed by atoms with Crippen molar-refractivity contribution in [3.05, 3.63) is 40.7 Å². The Morgan fingerprint density at radius 2 is 2.11 bits per heavy atom. The summed E-state index contributed by atoms with van der Waals surface area (Å²) in [5.41, 5.74) is 7.39. The van der Waals surface area contributed by atoms with Gasteiger partial charge in [-0.3, -0.25) is 0 Å². The molecule has 0 spiro atoms. The summed E-state index contributed by atoms with van der Waals surface area (Å²) < 4.78 is 13.9. The van der Waals surface area contributed by atoms with Gasteiger partial charge in [-0.05, 0) is 32.9 Å². The monoisotopic (exact) mass is 279 g/mol. The molecule has 0 fully saturated rings. The molecule has 0 aliphatic rings. The van der Waals surface area contributed by atoms with Crippen molar-refractivity contribution in [2.45, 2.75) is 26.8 Å². The van der Waals surface area contributed by atoms with Crippen LogP contribution in [-0.4, -0.2) is 11.5 Å². The number of halogens is 1. The first-order valence-electron chi connectivity index (χ1n) is 6.29. The molecule has 2 N–H and O–H groups in total. The molecule has 0 bridgehead atoms. The fourth-order valence-corrected chi connectivity index (χ4v) is 3.11. The molecule has 0 amide bonds. The van der Waals surface area contributed by atoms with Gasteiger partial charge < -0.3 is 10.6 Å². The second-order valence-corrected chi connectivity index (χ2v) is 5.44. The maximum atomic E-state index is 13.9. The van der Waals surface area contributed by atoms with Gasteiger partial charge in [-0.1, -0.05) is 23.5 Å². The van der Waals surface area contributed by atoms with Crippen LogP contribution in [0.4, 0.5) is 15.2 Å². The summed E-state index contributed by atoms with van der Waals surface area (Å²) in [7, 11) is 0. The van der Waals surface area contributed by atoms with Crippen LogP contribution < -0.4 is 10.6 Å². The normalized spacial score (nSPS) is 12.5. The number of aryl methyl sites for hydroxylation is 1. The number of nitrogens with zero attached hydrogens (tertiary/aromatic N) is 2. The smallest absolute Gasteiger partial charge is 0.190 e. The van der Waals surface area contributed by atoms with Crippen molar-refractivity contribution >= 4 is 22.2 Å². The third-order valence-electron chi connectivity index (χ3n) is 2.93. The Hall–Kier alpha value is -1.46. The second kappa shape index (κ2) is 5.67. The predicted molar refractivity (Wildman–Crippen MR) is 78.5 cm³/mol. The summed E-state index contributed by atoms with van der Waals surface area (Å²) in [6, 6.07) is 6.69. The Kier molecular flexibility index (Phi) is 4.17. The SMILES string of the molecule is CCN(c1nc(C)c(C(C)N)s1)c1ccccc1F. The van der Waals surface area contributed by atoms with Crippen LogP contribution in [0.5, 0.6) is 0 Å². The molecule has 1 atom stereocenters. The van der Waals surface area contributed by atoms with Crippen molar-refractivity contribution in [1.82, 2.24) is 4.98 Å². The fraction of sp³-hybridized carbons (Fsp3) is 0.357. The van der Waals surface area contributed by atoms with Crippen molar-refractivity contribution in [2.24, 2.45) is 5.73 Å². The van der Waals surface area contributed by atoms with Crippen LogP contribution in [0.25, 0.3) is 0 Å². The number of aromatic nitrogens is 1. The topological polar surface area (TPSA) is 42.2 Å². The Bertz CT molecular complexity index is 566. The minimum atomic E-state index is -0.237. The molecule has 0 aliphatic heterocycles. The molecule has 1 heterocycles. The van der Waals surface area contributed by atoms with E-state index in [0.29, 0.717) is 12.2 Å². The molecule has 1 aromatic heterocycles. The van der Waals surface area contributed by atoms with Gasteiger partial charge in [-0.2, -0.15) is 0 Å². The largest absolute Gasteiger partial charge is 0.323 e. The van der Waals surface area contributed by atoms with Crippen molar-refractivity contribution in [3.8, 4) is 0 Å². The molecule has 19 heavy (non-hydrogen) atoms. The van der Waals surface area contributed by atoms with Crippen molar-refractivity contribution in [3.63, 3.8) is 0 Å². The van der Waals surface area contributed by atoms with Crippen LogP contribution in [0, 0.1) is 12.7 Å². The van der Waals surface area contributed by atoms with Crippen molar-refractivity contribution < 1.29 is 4.39 Å². The number of thiazole rings is 1. The quantitative estimate of drug-likeness (QED) is 0.926. The van der Waals surface area contributed by atoms with Gasteiger partial charge in [-0.25, -0.2) is 9.37 Å². The summed E-state index contributed by atoms with van der Waals surface area (Å²) in [6.07, 6.45) is 0. The highest BCUT2D eigenvalue weighted by molar-refractivity contribution is 7.15. The van der Waals surface area contributed by atoms with Crippen molar-refractivity contribution in [1.29, 1.82) is 0 Å². The maximum Gasteiger partial charge on any atom is 0.190 e. The van der Waals surface area contributed by atoms with E-state index in [9.17, 15) is 4.39 Å². The van der Waals surface area contributed by atoms with Crippen LogP contribution in [0.15, 0.2) is 24.3 Å². The summed E-state index contributed by atoms with van der Waals surface area (Å²) in [5.74, 6) is -0.237. The maximum absolute atomic E-state index is 13.9. The number of hydrogen-bond acceptors (Lipinski definition) is 4. The standard InChI is InChI=1S/C14H18FN3S/c1-4-18(12-8-6-5-7-11(12)15)14-17-10(3)13(19-14)9(2)16/h5-9H,4,16H2,1-3H3. The van der Waals surface area contributed by atoms with Gasteiger partial charge in [0.05, 0.1) is 11.4 Å². The van der Waals surface area contributed by atoms with E-state index in [2.05, 4.69) is 4.98 Å². The molecule has 0 saturated heterocycles. The zero-order valence-electron chi connectivity index (χ0n) is 11.4. The molecule has 2 rings (SSSR count). The number of benzene rings is 1. The lowest BCUT2D eigenvalue weighted by molar-refractivity contribution is 0.625. The van der Waals surface area contributed by atoms with E-state index in [4.69, 9.17) is 5.73 Å². The zero-order chi connectivity index (χ0) is 14.0. The first-order chi connectivity index (χ1) is 9.04. The molecule has 1 aromatic carbocycles. The predicted octanol–water partition coefficient (Wildman–Crippen LogP) is 3.77. The summed E-state index contributed by atoms with van der Waals surface area (Å²) in [4.78, 5) is 7.44. The van der Waals surface area contributed by atoms with Gasteiger partial charge in [0, 0.05) is 17.5 Å². The fourth-order valence-electron chi connectivity index (χ4n) is 2.01. The first kappa shape index (κ1) is 14.0. The van der Waals surface area contributed by atoms with E-state index >= 15 is 0 Å². The molecule has 0 saturated carbocycles. The van der Waals surface area contributed by atoms with E-state index in [1.807, 2.05) is 31.7 Å². The Morgan fingerprint density at radius 1 is 1.42 bits per heavy atom. The highest BCUT2D eigenvalue weighted by Crippen LogP contribution is 2.34. The molecular formula is C14H18FN3S. The molecule has 2 aromatic rings. The number of rotatable bonds is 4. The van der Waals surface area contributed by atoms with Gasteiger partial charge in [0.15, 0.2) is 5.13 Å². The minimum Gasteiger partial charge on any atom is -0.323 e. The number of nitrogens with two attached hydrogens (primary N) is 1. The average Bonchev–Trinajstić information content (AvgIpc) is 2.75. The van der Waals surface area contributed by atoms with Gasteiger partial charge in [-0.15, -0.1) is 0 Å². The van der Waals surface area contributed by atoms with Crippen molar-refractivity contribution in [2.75, 3.05) is 11.4 Å². The Morgan fingerprint density at radius 3 is 2.63 bits per heavy atom. The summed E-state index contributed by atoms with van der Waals surface area (Å²) in [6.45, 7) is 6.51. The van der Waals surface area contributed by atoms with Crippen LogP contribution in [-0.2, 0) is 0 Å². The Balaban J connectivity index is 2.43. The highest BCUT2D eigenvalue weighted by atomic mass is 32.1. The van der Waals surface area contributed by atoms with Crippen LogP contribution in [0.3, 0.4) is 0 Å². The van der Waals surface area contributed by atoms with Gasteiger partial charge >= 0.3 is 0 Å². The third-order valence-corrected chi connectivity index (χ3v) is 4.31. The molecule has 3 nitrogen and oxygen atoms in total. The second-order valence-electron chi connectivity index (χ2n) is 4.43. The van der Waals surface area contributed by atoms with Gasteiger partial charge in [0.2, 0.25) is 0 Å². The molecule has 5 heteroatoms. The lowest BCUT2D eigenvalue weighted by atomic mass is 10.2. The lowest BCUT2D eigenvalue weighted by Crippen LogP contribution is -2.17. The lowest BCUT2D eigenvalue weighted by Gasteiger charge is -2.20. The van der Waals surface area contributed by atoms with E-state index < -0.39 is 0 Å². The van der Waals surface area contributed by atoms with Gasteiger partial charge in [0.1, 0.15) is 5.82 Å². The van der Waals surface area contributed by atoms with E-state index in [0.717, 1.165) is 15.7 Å². The van der Waals surface area contributed by atoms with Crippen LogP contribution in [0.1, 0.15) is 30.5 Å². The molecule has 1 unspecified atom stereocenters. The van der Waals surface area contributed by atoms with Gasteiger partial charge in [0.25, 0.3) is 0 Å². The molecular weight excluding hydrogens is 261 g/mol. The minimum absolute atomic E-state index is 0.0504. The molecule has 0 aliphatic carbocycles. The van der Waals surface area contributed by atoms with Crippen LogP contribution >= 0.6 is 11.3 Å². The first-order valence-corrected chi connectivity index (χ1v) is 7.11. The number of hydrogen-bond donors (Lipinski definition) is 1. The zero-order valence-corrected chi connectivity index (χ0v) is 12.2. The number of anilines is 2. The van der Waals surface area contributed by atoms with E-state index in [-0.39, 0.29) is 11.9 Å². The Labute approximate surface area is 116 Å². The summed E-state index contributed by atoms with van der Waals surface area (Å²) >= 11 is 1.53. The third kappa shape index (κ3) is 2.77. The van der Waals surface area contributed by atoms with E-state index in [1.54, 1.807) is 12.1 Å². The number of para-hydroxylation sites is 1. The highest BCUT2D eigenvalue weighted by Gasteiger charge is 2.18. The van der Waals surface area contributed by atoms with E-state index in [1.165, 1.54) is 17.4 Å². The molecule has 102 valence electrons. The summed E-state index contributed by atoms with van der Waals surface area (Å²) in [5, 5.41) is 0.789. The molecule has 0 radical (unpaired) electrons. The average molecular weight is 279 g/mol.